The van der Waals surface area contributed by atoms with Crippen LogP contribution in [0.1, 0.15) is 30.5 Å². The normalized spacial score (nSPS) is 11.9. The van der Waals surface area contributed by atoms with Gasteiger partial charge in [0.25, 0.3) is 0 Å². The summed E-state index contributed by atoms with van der Waals surface area (Å²) in [6, 6.07) is 30.6. The molecule has 0 spiro atoms. The summed E-state index contributed by atoms with van der Waals surface area (Å²) in [5, 5.41) is 0. The summed E-state index contributed by atoms with van der Waals surface area (Å²) in [7, 11) is 0. The van der Waals surface area contributed by atoms with Crippen molar-refractivity contribution in [2.45, 2.75) is 19.4 Å². The van der Waals surface area contributed by atoms with Crippen LogP contribution < -0.4 is 0 Å². The second-order valence-corrected chi connectivity index (χ2v) is 7.17. The zero-order valence-electron chi connectivity index (χ0n) is 15.3. The fourth-order valence-corrected chi connectivity index (χ4v) is 3.10. The molecule has 2 nitrogen and oxygen atoms in total. The lowest BCUT2D eigenvalue weighted by Gasteiger charge is -2.37. The topological polar surface area (TPSA) is 26.3 Å². The van der Waals surface area contributed by atoms with Crippen molar-refractivity contribution in [1.29, 1.82) is 0 Å². The molecule has 0 bridgehead atoms. The van der Waals surface area contributed by atoms with Gasteiger partial charge in [0.1, 0.15) is 11.9 Å². The molecule has 3 aromatic rings. The molecule has 0 aliphatic carbocycles. The van der Waals surface area contributed by atoms with Gasteiger partial charge in [0.15, 0.2) is 0 Å². The summed E-state index contributed by atoms with van der Waals surface area (Å²) in [6.45, 7) is 4.10. The number of carbonyl (C=O) groups is 1. The number of ether oxygens (including phenoxy) is 1. The van der Waals surface area contributed by atoms with Crippen LogP contribution in [-0.2, 0) is 15.1 Å². The minimum atomic E-state index is -0.774. The summed E-state index contributed by atoms with van der Waals surface area (Å²) in [5.41, 5.74) is 1.78. The van der Waals surface area contributed by atoms with E-state index in [9.17, 15) is 4.79 Å². The van der Waals surface area contributed by atoms with Crippen molar-refractivity contribution in [3.05, 3.63) is 108 Å². The number of carbonyl (C=O) groups excluding carboxylic acids is 1. The van der Waals surface area contributed by atoms with Crippen molar-refractivity contribution in [3.63, 3.8) is 0 Å². The first-order chi connectivity index (χ1) is 12.6. The monoisotopic (exact) mass is 344 g/mol. The minimum Gasteiger partial charge on any atom is -0.360 e. The van der Waals surface area contributed by atoms with E-state index in [0.29, 0.717) is 6.61 Å². The predicted octanol–water partition coefficient (Wildman–Crippen LogP) is 5.22. The van der Waals surface area contributed by atoms with Crippen molar-refractivity contribution in [2.24, 2.45) is 5.41 Å². The summed E-state index contributed by atoms with van der Waals surface area (Å²) >= 11 is 0. The van der Waals surface area contributed by atoms with Crippen molar-refractivity contribution in [1.82, 2.24) is 0 Å². The van der Waals surface area contributed by atoms with Gasteiger partial charge in [0.05, 0.1) is 6.61 Å². The molecule has 0 amide bonds. The maximum Gasteiger partial charge on any atom is 0.143 e. The number of hydrogen-bond donors (Lipinski definition) is 0. The van der Waals surface area contributed by atoms with E-state index in [-0.39, 0.29) is 0 Å². The van der Waals surface area contributed by atoms with E-state index in [0.717, 1.165) is 23.0 Å². The van der Waals surface area contributed by atoms with Crippen molar-refractivity contribution in [3.8, 4) is 0 Å². The van der Waals surface area contributed by atoms with E-state index in [1.165, 1.54) is 0 Å². The Balaban J connectivity index is 2.23. The Morgan fingerprint density at radius 3 is 1.35 bits per heavy atom. The molecule has 0 atom stereocenters. The van der Waals surface area contributed by atoms with Gasteiger partial charge in [-0.25, -0.2) is 0 Å². The van der Waals surface area contributed by atoms with Crippen LogP contribution in [0.2, 0.25) is 0 Å². The van der Waals surface area contributed by atoms with Gasteiger partial charge < -0.3 is 9.53 Å². The highest BCUT2D eigenvalue weighted by molar-refractivity contribution is 5.58. The van der Waals surface area contributed by atoms with Gasteiger partial charge in [-0.3, -0.25) is 0 Å². The highest BCUT2D eigenvalue weighted by atomic mass is 16.5. The fourth-order valence-electron chi connectivity index (χ4n) is 3.10. The van der Waals surface area contributed by atoms with E-state index in [2.05, 4.69) is 36.4 Å². The number of rotatable bonds is 7. The molecular formula is C24H24O2. The van der Waals surface area contributed by atoms with Crippen LogP contribution in [0.3, 0.4) is 0 Å². The number of hydrogen-bond acceptors (Lipinski definition) is 2. The zero-order chi connectivity index (χ0) is 18.5. The Morgan fingerprint density at radius 1 is 0.692 bits per heavy atom. The molecular weight excluding hydrogens is 320 g/mol. The molecule has 0 saturated carbocycles. The summed E-state index contributed by atoms with van der Waals surface area (Å²) in [5.74, 6) is 0. The molecule has 0 unspecified atom stereocenters. The van der Waals surface area contributed by atoms with Gasteiger partial charge in [-0.15, -0.1) is 0 Å². The molecule has 132 valence electrons. The van der Waals surface area contributed by atoms with Crippen molar-refractivity contribution in [2.75, 3.05) is 6.61 Å². The van der Waals surface area contributed by atoms with Gasteiger partial charge in [-0.2, -0.15) is 0 Å². The Bertz CT molecular complexity index is 727. The average Bonchev–Trinajstić information content (AvgIpc) is 2.71. The first kappa shape index (κ1) is 18.1. The molecule has 0 N–H and O–H groups in total. The van der Waals surface area contributed by atoms with Gasteiger partial charge >= 0.3 is 0 Å². The van der Waals surface area contributed by atoms with Gasteiger partial charge in [-0.05, 0) is 16.7 Å². The molecule has 0 aliphatic rings. The van der Waals surface area contributed by atoms with Crippen LogP contribution in [0.5, 0.6) is 0 Å². The molecule has 3 rings (SSSR count). The third-order valence-electron chi connectivity index (χ3n) is 4.52. The fraction of sp³-hybridized carbons (Fsp3) is 0.208. The lowest BCUT2D eigenvalue weighted by molar-refractivity contribution is -0.120. The number of aldehydes is 1. The van der Waals surface area contributed by atoms with Crippen LogP contribution in [-0.4, -0.2) is 12.9 Å². The smallest absolute Gasteiger partial charge is 0.143 e. The van der Waals surface area contributed by atoms with Crippen LogP contribution >= 0.6 is 0 Å². The first-order valence-corrected chi connectivity index (χ1v) is 8.85. The molecule has 0 fully saturated rings. The zero-order valence-corrected chi connectivity index (χ0v) is 15.3. The van der Waals surface area contributed by atoms with Crippen molar-refractivity contribution >= 4 is 6.29 Å². The van der Waals surface area contributed by atoms with E-state index in [1.807, 2.05) is 68.4 Å². The van der Waals surface area contributed by atoms with Crippen LogP contribution in [0.4, 0.5) is 0 Å². The van der Waals surface area contributed by atoms with Gasteiger partial charge in [-0.1, -0.05) is 105 Å². The largest absolute Gasteiger partial charge is 0.360 e. The lowest BCUT2D eigenvalue weighted by atomic mass is 9.79. The third-order valence-corrected chi connectivity index (χ3v) is 4.52. The van der Waals surface area contributed by atoms with E-state index >= 15 is 0 Å². The summed E-state index contributed by atoms with van der Waals surface area (Å²) in [6.07, 6.45) is 0.957. The van der Waals surface area contributed by atoms with Crippen LogP contribution in [0.15, 0.2) is 91.0 Å². The maximum atomic E-state index is 11.5. The highest BCUT2D eigenvalue weighted by Crippen LogP contribution is 2.41. The molecule has 0 radical (unpaired) electrons. The van der Waals surface area contributed by atoms with E-state index in [1.54, 1.807) is 0 Å². The molecule has 0 saturated heterocycles. The predicted molar refractivity (Wildman–Crippen MR) is 105 cm³/mol. The molecule has 0 aromatic heterocycles. The molecule has 26 heavy (non-hydrogen) atoms. The van der Waals surface area contributed by atoms with Crippen LogP contribution in [0.25, 0.3) is 0 Å². The maximum absolute atomic E-state index is 11.5. The Kier molecular flexibility index (Phi) is 5.34. The van der Waals surface area contributed by atoms with Gasteiger partial charge in [0, 0.05) is 5.41 Å². The second-order valence-electron chi connectivity index (χ2n) is 7.17. The van der Waals surface area contributed by atoms with Crippen molar-refractivity contribution < 1.29 is 9.53 Å². The second kappa shape index (κ2) is 7.67. The molecule has 2 heteroatoms. The SMILES string of the molecule is CC(C)(C=O)COC(c1ccccc1)(c1ccccc1)c1ccccc1. The molecule has 3 aromatic carbocycles. The first-order valence-electron chi connectivity index (χ1n) is 8.85. The Labute approximate surface area is 155 Å². The Hall–Kier alpha value is -2.71. The number of benzene rings is 3. The van der Waals surface area contributed by atoms with Crippen LogP contribution in [0, 0.1) is 5.41 Å². The quantitative estimate of drug-likeness (QED) is 0.434. The Morgan fingerprint density at radius 2 is 1.04 bits per heavy atom. The lowest BCUT2D eigenvalue weighted by Crippen LogP contribution is -2.36. The van der Waals surface area contributed by atoms with E-state index < -0.39 is 11.0 Å². The minimum absolute atomic E-state index is 0.315. The van der Waals surface area contributed by atoms with Gasteiger partial charge in [0.2, 0.25) is 0 Å². The molecule has 0 aliphatic heterocycles. The summed E-state index contributed by atoms with van der Waals surface area (Å²) < 4.78 is 6.61. The third kappa shape index (κ3) is 3.61. The molecule has 0 heterocycles. The summed E-state index contributed by atoms with van der Waals surface area (Å²) in [4.78, 5) is 11.5. The standard InChI is InChI=1S/C24H24O2/c1-23(2,18-25)19-26-24(20-12-6-3-7-13-20,21-14-8-4-9-15-21)22-16-10-5-11-17-22/h3-18H,19H2,1-2H3. The van der Waals surface area contributed by atoms with E-state index in [4.69, 9.17) is 4.74 Å². The average molecular weight is 344 g/mol. The highest BCUT2D eigenvalue weighted by Gasteiger charge is 2.38.